The molecule has 0 aliphatic carbocycles. The highest BCUT2D eigenvalue weighted by Crippen LogP contribution is 2.24. The molecule has 0 bridgehead atoms. The molecular weight excluding hydrogens is 388 g/mol. The molecule has 1 N–H and O–H groups in total. The highest BCUT2D eigenvalue weighted by Gasteiger charge is 2.12. The van der Waals surface area contributed by atoms with Crippen LogP contribution in [0.25, 0.3) is 16.9 Å². The van der Waals surface area contributed by atoms with Gasteiger partial charge >= 0.3 is 0 Å². The molecule has 7 nitrogen and oxygen atoms in total. The molecule has 2 aromatic carbocycles. The molecule has 2 aromatic heterocycles. The van der Waals surface area contributed by atoms with Crippen LogP contribution < -0.4 is 5.43 Å². The number of nitrogens with one attached hydrogen (secondary N) is 1. The molecule has 0 fully saturated rings. The fourth-order valence-electron chi connectivity index (χ4n) is 2.77. The Labute approximate surface area is 171 Å². The van der Waals surface area contributed by atoms with Gasteiger partial charge in [0.2, 0.25) is 5.69 Å². The van der Waals surface area contributed by atoms with Crippen molar-refractivity contribution in [3.8, 4) is 23.0 Å². The van der Waals surface area contributed by atoms with Crippen molar-refractivity contribution in [2.24, 2.45) is 5.10 Å². The van der Waals surface area contributed by atoms with E-state index in [-0.39, 0.29) is 11.6 Å². The van der Waals surface area contributed by atoms with Crippen molar-refractivity contribution >= 4 is 23.7 Å². The van der Waals surface area contributed by atoms with Crippen LogP contribution in [0.15, 0.2) is 70.3 Å². The number of anilines is 1. The fraction of sp³-hybridized carbons (Fsp3) is 0.0476. The van der Waals surface area contributed by atoms with Crippen LogP contribution in [0.3, 0.4) is 0 Å². The van der Waals surface area contributed by atoms with Crippen LogP contribution in [0, 0.1) is 18.3 Å². The number of nitrogens with zero attached hydrogens (tertiary/aromatic N) is 5. The molecule has 0 aliphatic heterocycles. The predicted molar refractivity (Wildman–Crippen MR) is 111 cm³/mol. The average molecular weight is 403 g/mol. The number of rotatable bonds is 5. The average Bonchev–Trinajstić information content (AvgIpc) is 3.32. The van der Waals surface area contributed by atoms with E-state index in [9.17, 15) is 0 Å². The molecule has 29 heavy (non-hydrogen) atoms. The molecule has 0 saturated carbocycles. The van der Waals surface area contributed by atoms with Gasteiger partial charge in [0, 0.05) is 29.3 Å². The Morgan fingerprint density at radius 3 is 2.66 bits per heavy atom. The number of para-hydroxylation sites is 1. The van der Waals surface area contributed by atoms with Gasteiger partial charge in [-0.15, -0.1) is 0 Å². The van der Waals surface area contributed by atoms with Gasteiger partial charge < -0.3 is 4.42 Å². The van der Waals surface area contributed by atoms with E-state index in [1.165, 1.54) is 0 Å². The lowest BCUT2D eigenvalue weighted by atomic mass is 10.1. The van der Waals surface area contributed by atoms with E-state index in [1.54, 1.807) is 17.8 Å². The van der Waals surface area contributed by atoms with Crippen molar-refractivity contribution in [3.05, 3.63) is 83.0 Å². The summed E-state index contributed by atoms with van der Waals surface area (Å²) in [6.45, 7) is 1.66. The summed E-state index contributed by atoms with van der Waals surface area (Å²) in [5, 5.41) is 18.7. The first kappa shape index (κ1) is 18.5. The standard InChI is InChI=1S/C21H15ClN6O/c1-14-25-19(11-23)21(29-14)26-24-12-16-13-28(18-5-3-2-4-6-18)27-20(16)15-7-9-17(22)10-8-15/h2-10,12-13,26H,1H3. The molecule has 0 saturated heterocycles. The van der Waals surface area contributed by atoms with E-state index in [0.29, 0.717) is 10.9 Å². The molecule has 0 amide bonds. The normalized spacial score (nSPS) is 10.9. The van der Waals surface area contributed by atoms with E-state index in [1.807, 2.05) is 66.9 Å². The fourth-order valence-corrected chi connectivity index (χ4v) is 2.89. The van der Waals surface area contributed by atoms with Crippen molar-refractivity contribution in [3.63, 3.8) is 0 Å². The lowest BCUT2D eigenvalue weighted by Gasteiger charge is -2.00. The smallest absolute Gasteiger partial charge is 0.252 e. The van der Waals surface area contributed by atoms with E-state index in [4.69, 9.17) is 26.4 Å². The Balaban J connectivity index is 1.70. The topological polar surface area (TPSA) is 92.0 Å². The second-order valence-corrected chi connectivity index (χ2v) is 6.55. The number of nitriles is 1. The van der Waals surface area contributed by atoms with Crippen molar-refractivity contribution in [2.75, 3.05) is 5.43 Å². The number of hydrogen-bond donors (Lipinski definition) is 1. The summed E-state index contributed by atoms with van der Waals surface area (Å²) in [6.07, 6.45) is 3.50. The van der Waals surface area contributed by atoms with Crippen molar-refractivity contribution in [1.29, 1.82) is 5.26 Å². The van der Waals surface area contributed by atoms with Crippen LogP contribution in [-0.4, -0.2) is 21.0 Å². The number of aromatic nitrogens is 3. The maximum Gasteiger partial charge on any atom is 0.252 e. The maximum atomic E-state index is 9.10. The quantitative estimate of drug-likeness (QED) is 0.382. The molecule has 0 radical (unpaired) electrons. The zero-order valence-corrected chi connectivity index (χ0v) is 16.1. The first-order valence-corrected chi connectivity index (χ1v) is 9.09. The molecule has 0 aliphatic rings. The first-order valence-electron chi connectivity index (χ1n) is 8.71. The lowest BCUT2D eigenvalue weighted by molar-refractivity contribution is 0.533. The second-order valence-electron chi connectivity index (χ2n) is 6.11. The number of halogens is 1. The molecular formula is C21H15ClN6O. The van der Waals surface area contributed by atoms with Gasteiger partial charge in [-0.1, -0.05) is 41.9 Å². The van der Waals surface area contributed by atoms with E-state index >= 15 is 0 Å². The van der Waals surface area contributed by atoms with Gasteiger partial charge in [-0.05, 0) is 24.3 Å². The van der Waals surface area contributed by atoms with Gasteiger partial charge in [0.25, 0.3) is 5.88 Å². The Morgan fingerprint density at radius 1 is 1.17 bits per heavy atom. The Kier molecular flexibility index (Phi) is 5.10. The highest BCUT2D eigenvalue weighted by atomic mass is 35.5. The monoisotopic (exact) mass is 402 g/mol. The minimum Gasteiger partial charge on any atom is -0.422 e. The van der Waals surface area contributed by atoms with Crippen LogP contribution in [0.1, 0.15) is 17.1 Å². The van der Waals surface area contributed by atoms with E-state index < -0.39 is 0 Å². The third-order valence-corrected chi connectivity index (χ3v) is 4.34. The summed E-state index contributed by atoms with van der Waals surface area (Å²) in [5.41, 5.74) is 6.22. The van der Waals surface area contributed by atoms with Crippen LogP contribution in [-0.2, 0) is 0 Å². The summed E-state index contributed by atoms with van der Waals surface area (Å²) in [4.78, 5) is 3.98. The maximum absolute atomic E-state index is 9.10. The summed E-state index contributed by atoms with van der Waals surface area (Å²) < 4.78 is 7.13. The van der Waals surface area contributed by atoms with Crippen LogP contribution in [0.2, 0.25) is 5.02 Å². The van der Waals surface area contributed by atoms with Crippen molar-refractivity contribution in [1.82, 2.24) is 14.8 Å². The SMILES string of the molecule is Cc1nc(C#N)c(NN=Cc2cn(-c3ccccc3)nc2-c2ccc(Cl)cc2)o1. The molecule has 0 spiro atoms. The highest BCUT2D eigenvalue weighted by molar-refractivity contribution is 6.30. The Hall–Kier alpha value is -3.89. The van der Waals surface area contributed by atoms with Crippen LogP contribution >= 0.6 is 11.6 Å². The van der Waals surface area contributed by atoms with Crippen molar-refractivity contribution < 1.29 is 4.42 Å². The van der Waals surface area contributed by atoms with Crippen molar-refractivity contribution in [2.45, 2.75) is 6.92 Å². The minimum absolute atomic E-state index is 0.151. The Morgan fingerprint density at radius 2 is 1.93 bits per heavy atom. The molecule has 0 unspecified atom stereocenters. The number of aryl methyl sites for hydroxylation is 1. The van der Waals surface area contributed by atoms with Gasteiger partial charge in [0.15, 0.2) is 5.89 Å². The number of hydrazone groups is 1. The largest absolute Gasteiger partial charge is 0.422 e. The molecule has 4 rings (SSSR count). The summed E-state index contributed by atoms with van der Waals surface area (Å²) in [6, 6.07) is 19.2. The third kappa shape index (κ3) is 4.03. The van der Waals surface area contributed by atoms with Gasteiger partial charge in [-0.3, -0.25) is 0 Å². The predicted octanol–water partition coefficient (Wildman–Crippen LogP) is 4.81. The van der Waals surface area contributed by atoms with Crippen LogP contribution in [0.5, 0.6) is 0 Å². The molecule has 2 heterocycles. The van der Waals surface area contributed by atoms with E-state index in [2.05, 4.69) is 15.5 Å². The number of benzene rings is 2. The molecule has 4 aromatic rings. The van der Waals surface area contributed by atoms with Gasteiger partial charge in [-0.25, -0.2) is 15.1 Å². The zero-order valence-electron chi connectivity index (χ0n) is 15.4. The lowest BCUT2D eigenvalue weighted by Crippen LogP contribution is -1.93. The molecule has 8 heteroatoms. The van der Waals surface area contributed by atoms with E-state index in [0.717, 1.165) is 22.5 Å². The summed E-state index contributed by atoms with van der Waals surface area (Å²) in [5.74, 6) is 0.586. The molecule has 0 atom stereocenters. The van der Waals surface area contributed by atoms with Gasteiger partial charge in [-0.2, -0.15) is 15.5 Å². The van der Waals surface area contributed by atoms with Gasteiger partial charge in [0.1, 0.15) is 11.8 Å². The third-order valence-electron chi connectivity index (χ3n) is 4.09. The second kappa shape index (κ2) is 8.00. The summed E-state index contributed by atoms with van der Waals surface area (Å²) >= 11 is 6.02. The first-order chi connectivity index (χ1) is 14.1. The number of hydrogen-bond acceptors (Lipinski definition) is 6. The number of oxazole rings is 1. The minimum atomic E-state index is 0.151. The zero-order chi connectivity index (χ0) is 20.2. The molecule has 142 valence electrons. The van der Waals surface area contributed by atoms with Gasteiger partial charge in [0.05, 0.1) is 11.9 Å². The van der Waals surface area contributed by atoms with Crippen LogP contribution in [0.4, 0.5) is 5.88 Å². The summed E-state index contributed by atoms with van der Waals surface area (Å²) in [7, 11) is 0. The Bertz CT molecular complexity index is 1200.